The van der Waals surface area contributed by atoms with Crippen molar-refractivity contribution in [2.75, 3.05) is 0 Å². The quantitative estimate of drug-likeness (QED) is 0.127. The normalized spacial score (nSPS) is 15.6. The molecule has 9 aromatic rings. The van der Waals surface area contributed by atoms with Gasteiger partial charge in [-0.25, -0.2) is 0 Å². The Morgan fingerprint density at radius 2 is 1.42 bits per heavy atom. The molecule has 0 fully saturated rings. The van der Waals surface area contributed by atoms with E-state index in [1.54, 1.807) is 0 Å². The van der Waals surface area contributed by atoms with E-state index in [-0.39, 0.29) is 0 Å². The van der Waals surface area contributed by atoms with E-state index < -0.39 is 13.7 Å². The largest absolute Gasteiger partial charge is 0.455 e. The predicted molar refractivity (Wildman–Crippen MR) is 236 cm³/mol. The molecule has 11 rings (SSSR count). The second-order valence-corrected chi connectivity index (χ2v) is 22.8. The summed E-state index contributed by atoms with van der Waals surface area (Å²) in [4.78, 5) is 0. The molecule has 0 radical (unpaired) electrons. The number of fused-ring (bicyclic) bond motifs is 16. The van der Waals surface area contributed by atoms with Crippen LogP contribution in [0.15, 0.2) is 144 Å². The van der Waals surface area contributed by atoms with E-state index in [0.29, 0.717) is 5.92 Å². The van der Waals surface area contributed by atoms with Crippen molar-refractivity contribution in [3.63, 3.8) is 0 Å². The van der Waals surface area contributed by atoms with Gasteiger partial charge in [0.1, 0.15) is 16.8 Å². The van der Waals surface area contributed by atoms with Gasteiger partial charge in [-0.15, -0.1) is 9.13 Å². The van der Waals surface area contributed by atoms with Crippen LogP contribution >= 0.6 is 0 Å². The molecule has 0 saturated heterocycles. The Morgan fingerprint density at radius 1 is 0.702 bits per heavy atom. The number of para-hydroxylation sites is 4. The summed E-state index contributed by atoms with van der Waals surface area (Å²) >= 11 is 0. The Balaban J connectivity index is 1.38. The van der Waals surface area contributed by atoms with E-state index in [9.17, 15) is 0 Å². The van der Waals surface area contributed by atoms with Crippen molar-refractivity contribution in [1.82, 2.24) is 4.57 Å². The molecule has 3 aromatic heterocycles. The van der Waals surface area contributed by atoms with Crippen LogP contribution in [0, 0.1) is 19.8 Å². The maximum absolute atomic E-state index is 7.07. The molecular weight excluding hydrogens is 711 g/mol. The fourth-order valence-electron chi connectivity index (χ4n) is 10.4. The molecule has 278 valence electrons. The number of rotatable bonds is 5. The summed E-state index contributed by atoms with van der Waals surface area (Å²) in [5.41, 5.74) is 17.4. The summed E-state index contributed by atoms with van der Waals surface area (Å²) in [6, 6.07) is 49.6. The number of aromatic nitrogens is 3. The first-order valence-corrected chi connectivity index (χ1v) is 23.9. The van der Waals surface area contributed by atoms with Gasteiger partial charge in [0.15, 0.2) is 22.8 Å². The van der Waals surface area contributed by atoms with Crippen molar-refractivity contribution in [3.8, 4) is 39.5 Å². The van der Waals surface area contributed by atoms with Crippen molar-refractivity contribution < 1.29 is 13.6 Å². The molecule has 0 saturated carbocycles. The molecule has 57 heavy (non-hydrogen) atoms. The number of aryl methyl sites for hydroxylation is 2. The van der Waals surface area contributed by atoms with Gasteiger partial charge in [-0.2, -0.15) is 4.57 Å². The molecule has 6 aromatic carbocycles. The lowest BCUT2D eigenvalue weighted by Gasteiger charge is -2.24. The molecule has 4 nitrogen and oxygen atoms in total. The molecule has 2 aliphatic rings. The standard InChI is InChI=1S/C52H47N3OSi/c1-32(2)28-37-30-45-40-29-36(35-18-9-8-10-19-35)24-26-41(40)52(53(45)31-47(37)57(5,6)7)42-27-25-39-38-20-11-14-23-46(38)56-50(39)48(42)51-54(49-33(3)16-15-17-34(49)4)43-21-12-13-22-44(43)55(51)52/h8-27,29-32H,28H2,1-7H3/q+2. The average molecular weight is 758 g/mol. The Labute approximate surface area is 335 Å². The highest BCUT2D eigenvalue weighted by Gasteiger charge is 2.67. The minimum Gasteiger partial charge on any atom is -0.455 e. The maximum Gasteiger partial charge on any atom is 0.364 e. The smallest absolute Gasteiger partial charge is 0.364 e. The number of imidazole rings is 1. The molecular formula is C52H47N3OSi+2. The van der Waals surface area contributed by atoms with Crippen LogP contribution in [-0.2, 0) is 12.1 Å². The monoisotopic (exact) mass is 757 g/mol. The number of nitrogens with zero attached hydrogens (tertiary/aromatic N) is 3. The van der Waals surface area contributed by atoms with Crippen molar-refractivity contribution >= 4 is 46.2 Å². The summed E-state index contributed by atoms with van der Waals surface area (Å²) < 4.78 is 15.0. The van der Waals surface area contributed by atoms with Crippen LogP contribution in [0.3, 0.4) is 0 Å². The second kappa shape index (κ2) is 12.0. The molecule has 1 spiro atoms. The Kier molecular flexibility index (Phi) is 7.20. The Bertz CT molecular complexity index is 3120. The van der Waals surface area contributed by atoms with Crippen LogP contribution in [0.1, 0.15) is 41.7 Å². The molecule has 0 N–H and O–H groups in total. The van der Waals surface area contributed by atoms with Gasteiger partial charge in [-0.05, 0) is 96.5 Å². The topological polar surface area (TPSA) is 25.8 Å². The van der Waals surface area contributed by atoms with Gasteiger partial charge < -0.3 is 4.42 Å². The van der Waals surface area contributed by atoms with Crippen LogP contribution < -0.4 is 14.3 Å². The minimum atomic E-state index is -1.84. The van der Waals surface area contributed by atoms with Crippen LogP contribution in [0.2, 0.25) is 19.6 Å². The first-order valence-electron chi connectivity index (χ1n) is 20.4. The summed E-state index contributed by atoms with van der Waals surface area (Å²) in [5.74, 6) is 1.69. The first kappa shape index (κ1) is 34.2. The van der Waals surface area contributed by atoms with Gasteiger partial charge in [-0.3, -0.25) is 0 Å². The predicted octanol–water partition coefficient (Wildman–Crippen LogP) is 11.4. The summed E-state index contributed by atoms with van der Waals surface area (Å²) in [5, 5.41) is 3.81. The fraction of sp³-hybridized carbons (Fsp3) is 0.192. The minimum absolute atomic E-state index is 0.540. The number of benzene rings is 6. The van der Waals surface area contributed by atoms with Gasteiger partial charge in [0.2, 0.25) is 5.69 Å². The van der Waals surface area contributed by atoms with Gasteiger partial charge in [0, 0.05) is 22.0 Å². The molecule has 0 amide bonds. The summed E-state index contributed by atoms with van der Waals surface area (Å²) in [6.07, 6.45) is 3.63. The van der Waals surface area contributed by atoms with Crippen LogP contribution in [0.25, 0.3) is 72.4 Å². The van der Waals surface area contributed by atoms with Crippen molar-refractivity contribution in [3.05, 3.63) is 167 Å². The maximum atomic E-state index is 7.07. The average Bonchev–Trinajstić information content (AvgIpc) is 3.91. The molecule has 5 heterocycles. The van der Waals surface area contributed by atoms with Crippen LogP contribution in [-0.4, -0.2) is 12.6 Å². The van der Waals surface area contributed by atoms with E-state index in [4.69, 9.17) is 4.42 Å². The van der Waals surface area contributed by atoms with Crippen molar-refractivity contribution in [2.45, 2.75) is 59.4 Å². The van der Waals surface area contributed by atoms with Crippen LogP contribution in [0.4, 0.5) is 0 Å². The van der Waals surface area contributed by atoms with E-state index in [2.05, 4.69) is 201 Å². The third-order valence-electron chi connectivity index (χ3n) is 12.7. The number of hydrogen-bond acceptors (Lipinski definition) is 1. The lowest BCUT2D eigenvalue weighted by Crippen LogP contribution is -2.72. The van der Waals surface area contributed by atoms with Gasteiger partial charge in [-0.1, -0.05) is 118 Å². The van der Waals surface area contributed by atoms with Crippen molar-refractivity contribution in [1.29, 1.82) is 0 Å². The third-order valence-corrected chi connectivity index (χ3v) is 14.7. The zero-order chi connectivity index (χ0) is 39.0. The second-order valence-electron chi connectivity index (χ2n) is 17.8. The zero-order valence-corrected chi connectivity index (χ0v) is 34.8. The summed E-state index contributed by atoms with van der Waals surface area (Å²) in [7, 11) is -1.84. The number of pyridine rings is 1. The molecule has 0 aliphatic carbocycles. The highest BCUT2D eigenvalue weighted by Crippen LogP contribution is 2.53. The van der Waals surface area contributed by atoms with Gasteiger partial charge in [0.25, 0.3) is 0 Å². The SMILES string of the molecule is Cc1cccc(C)c1-n1c2[n+](c3ccccc31)C1(c3ccc(-c4ccccc4)cc3-c3cc(CC(C)C)c([Si](C)(C)C)c[n+]31)c1ccc3c(oc4ccccc43)c1-2. The van der Waals surface area contributed by atoms with E-state index in [1.807, 2.05) is 0 Å². The number of hydrogen-bond donors (Lipinski definition) is 0. The third kappa shape index (κ3) is 4.60. The molecule has 1 unspecified atom stereocenters. The van der Waals surface area contributed by atoms with E-state index in [1.165, 1.54) is 72.1 Å². The fourth-order valence-corrected chi connectivity index (χ4v) is 12.0. The molecule has 1 atom stereocenters. The lowest BCUT2D eigenvalue weighted by atomic mass is 9.87. The Hall–Kier alpha value is -6.04. The highest BCUT2D eigenvalue weighted by atomic mass is 28.3. The zero-order valence-electron chi connectivity index (χ0n) is 33.8. The highest BCUT2D eigenvalue weighted by molar-refractivity contribution is 6.89. The molecule has 2 aliphatic heterocycles. The summed E-state index contributed by atoms with van der Waals surface area (Å²) in [6.45, 7) is 16.7. The first-order chi connectivity index (χ1) is 27.6. The van der Waals surface area contributed by atoms with E-state index >= 15 is 0 Å². The van der Waals surface area contributed by atoms with E-state index in [0.717, 1.165) is 39.7 Å². The van der Waals surface area contributed by atoms with Crippen LogP contribution in [0.5, 0.6) is 0 Å². The van der Waals surface area contributed by atoms with Gasteiger partial charge >= 0.3 is 11.5 Å². The van der Waals surface area contributed by atoms with Gasteiger partial charge in [0.05, 0.1) is 24.8 Å². The van der Waals surface area contributed by atoms with Crippen molar-refractivity contribution in [2.24, 2.45) is 5.92 Å². The Morgan fingerprint density at radius 3 is 2.19 bits per heavy atom. The number of furan rings is 1. The molecule has 0 bridgehead atoms. The lowest BCUT2D eigenvalue weighted by molar-refractivity contribution is -0.944. The molecule has 5 heteroatoms.